The SMILES string of the molecule is COc1ccc(CC(O)C2(N(C)C)CCCCC2)cc1Br. The Kier molecular flexibility index (Phi) is 5.69. The van der Waals surface area contributed by atoms with Gasteiger partial charge in [-0.1, -0.05) is 25.3 Å². The maximum atomic E-state index is 10.9. The molecule has 1 fully saturated rings. The summed E-state index contributed by atoms with van der Waals surface area (Å²) in [4.78, 5) is 2.23. The molecule has 0 amide bonds. The van der Waals surface area contributed by atoms with Gasteiger partial charge in [-0.15, -0.1) is 0 Å². The van der Waals surface area contributed by atoms with E-state index in [9.17, 15) is 5.11 Å². The summed E-state index contributed by atoms with van der Waals surface area (Å²) < 4.78 is 6.20. The molecule has 1 atom stereocenters. The summed E-state index contributed by atoms with van der Waals surface area (Å²) in [5.41, 5.74) is 1.06. The van der Waals surface area contributed by atoms with Gasteiger partial charge in [0.05, 0.1) is 17.7 Å². The van der Waals surface area contributed by atoms with Crippen LogP contribution in [0.15, 0.2) is 22.7 Å². The summed E-state index contributed by atoms with van der Waals surface area (Å²) >= 11 is 3.52. The number of aliphatic hydroxyl groups excluding tert-OH is 1. The molecule has 118 valence electrons. The number of halogens is 1. The molecule has 0 bridgehead atoms. The van der Waals surface area contributed by atoms with Crippen LogP contribution in [-0.4, -0.2) is 42.9 Å². The number of hydrogen-bond donors (Lipinski definition) is 1. The van der Waals surface area contributed by atoms with Crippen LogP contribution in [0, 0.1) is 0 Å². The van der Waals surface area contributed by atoms with Crippen LogP contribution in [0.5, 0.6) is 5.75 Å². The highest BCUT2D eigenvalue weighted by Gasteiger charge is 2.40. The second-order valence-corrected chi connectivity index (χ2v) is 7.10. The summed E-state index contributed by atoms with van der Waals surface area (Å²) in [6.07, 6.45) is 6.21. The maximum Gasteiger partial charge on any atom is 0.133 e. The van der Waals surface area contributed by atoms with E-state index in [1.54, 1.807) is 7.11 Å². The monoisotopic (exact) mass is 355 g/mol. The Morgan fingerprint density at radius 3 is 2.48 bits per heavy atom. The third-order valence-electron chi connectivity index (χ3n) is 4.88. The van der Waals surface area contributed by atoms with Crippen molar-refractivity contribution < 1.29 is 9.84 Å². The van der Waals surface area contributed by atoms with E-state index >= 15 is 0 Å². The molecular weight excluding hydrogens is 330 g/mol. The van der Waals surface area contributed by atoms with Gasteiger partial charge < -0.3 is 14.7 Å². The van der Waals surface area contributed by atoms with Crippen LogP contribution in [0.3, 0.4) is 0 Å². The molecule has 0 saturated heterocycles. The average Bonchev–Trinajstić information content (AvgIpc) is 2.48. The number of ether oxygens (including phenoxy) is 1. The van der Waals surface area contributed by atoms with Gasteiger partial charge in [-0.05, 0) is 60.6 Å². The lowest BCUT2D eigenvalue weighted by Crippen LogP contribution is -2.55. The largest absolute Gasteiger partial charge is 0.496 e. The Morgan fingerprint density at radius 1 is 1.29 bits per heavy atom. The minimum absolute atomic E-state index is 0.0787. The first-order valence-corrected chi connectivity index (χ1v) is 8.47. The van der Waals surface area contributed by atoms with Crippen LogP contribution in [0.1, 0.15) is 37.7 Å². The van der Waals surface area contributed by atoms with Crippen molar-refractivity contribution in [3.8, 4) is 5.75 Å². The lowest BCUT2D eigenvalue weighted by Gasteiger charge is -2.46. The number of aliphatic hydroxyl groups is 1. The van der Waals surface area contributed by atoms with Crippen LogP contribution in [0.4, 0.5) is 0 Å². The lowest BCUT2D eigenvalue weighted by atomic mass is 9.75. The molecule has 0 heterocycles. The van der Waals surface area contributed by atoms with E-state index in [-0.39, 0.29) is 11.6 Å². The third-order valence-corrected chi connectivity index (χ3v) is 5.50. The minimum atomic E-state index is -0.340. The molecule has 0 radical (unpaired) electrons. The van der Waals surface area contributed by atoms with Gasteiger partial charge in [0.15, 0.2) is 0 Å². The molecule has 1 aliphatic rings. The lowest BCUT2D eigenvalue weighted by molar-refractivity contribution is -0.0310. The Balaban J connectivity index is 2.15. The molecule has 1 aromatic carbocycles. The fourth-order valence-electron chi connectivity index (χ4n) is 3.49. The molecule has 21 heavy (non-hydrogen) atoms. The Morgan fingerprint density at radius 2 is 1.95 bits per heavy atom. The minimum Gasteiger partial charge on any atom is -0.496 e. The summed E-state index contributed by atoms with van der Waals surface area (Å²) in [5, 5.41) is 10.9. The first kappa shape index (κ1) is 16.8. The summed E-state index contributed by atoms with van der Waals surface area (Å²) in [5.74, 6) is 0.827. The van der Waals surface area contributed by atoms with Crippen molar-refractivity contribution in [3.05, 3.63) is 28.2 Å². The van der Waals surface area contributed by atoms with Crippen molar-refractivity contribution in [3.63, 3.8) is 0 Å². The summed E-state index contributed by atoms with van der Waals surface area (Å²) in [7, 11) is 5.86. The van der Waals surface area contributed by atoms with E-state index in [2.05, 4.69) is 34.9 Å². The molecule has 0 spiro atoms. The number of benzene rings is 1. The standard InChI is InChI=1S/C17H26BrNO2/c1-19(2)17(9-5-4-6-10-17)16(20)12-13-7-8-15(21-3)14(18)11-13/h7-8,11,16,20H,4-6,9-10,12H2,1-3H3. The number of rotatable bonds is 5. The number of methoxy groups -OCH3 is 1. The molecule has 0 aromatic heterocycles. The van der Waals surface area contributed by atoms with Gasteiger partial charge in [-0.3, -0.25) is 0 Å². The predicted molar refractivity (Wildman–Crippen MR) is 89.9 cm³/mol. The van der Waals surface area contributed by atoms with Crippen LogP contribution < -0.4 is 4.74 Å². The summed E-state index contributed by atoms with van der Waals surface area (Å²) in [6.45, 7) is 0. The van der Waals surface area contributed by atoms with Crippen LogP contribution in [-0.2, 0) is 6.42 Å². The van der Waals surface area contributed by atoms with Crippen molar-refractivity contribution >= 4 is 15.9 Å². The molecule has 4 heteroatoms. The van der Waals surface area contributed by atoms with Gasteiger partial charge in [0.1, 0.15) is 5.75 Å². The zero-order chi connectivity index (χ0) is 15.5. The third kappa shape index (κ3) is 3.61. The van der Waals surface area contributed by atoms with E-state index in [4.69, 9.17) is 4.74 Å². The molecule has 1 unspecified atom stereocenters. The van der Waals surface area contributed by atoms with Crippen molar-refractivity contribution in [2.75, 3.05) is 21.2 Å². The first-order chi connectivity index (χ1) is 9.99. The second-order valence-electron chi connectivity index (χ2n) is 6.25. The Hall–Kier alpha value is -0.580. The van der Waals surface area contributed by atoms with Crippen LogP contribution in [0.2, 0.25) is 0 Å². The zero-order valence-electron chi connectivity index (χ0n) is 13.2. The van der Waals surface area contributed by atoms with E-state index in [1.165, 1.54) is 19.3 Å². The zero-order valence-corrected chi connectivity index (χ0v) is 14.8. The molecule has 1 aromatic rings. The number of hydrogen-bond acceptors (Lipinski definition) is 3. The number of nitrogens with zero attached hydrogens (tertiary/aromatic N) is 1. The van der Waals surface area contributed by atoms with E-state index in [0.29, 0.717) is 6.42 Å². The van der Waals surface area contributed by atoms with Crippen molar-refractivity contribution in [1.82, 2.24) is 4.90 Å². The van der Waals surface area contributed by atoms with Crippen molar-refractivity contribution in [1.29, 1.82) is 0 Å². The quantitative estimate of drug-likeness (QED) is 0.875. The fourth-order valence-corrected chi connectivity index (χ4v) is 4.08. The molecule has 1 saturated carbocycles. The maximum absolute atomic E-state index is 10.9. The summed E-state index contributed by atoms with van der Waals surface area (Å²) in [6, 6.07) is 6.04. The van der Waals surface area contributed by atoms with Crippen LogP contribution in [0.25, 0.3) is 0 Å². The van der Waals surface area contributed by atoms with Gasteiger partial charge in [-0.2, -0.15) is 0 Å². The van der Waals surface area contributed by atoms with Gasteiger partial charge in [-0.25, -0.2) is 0 Å². The fraction of sp³-hybridized carbons (Fsp3) is 0.647. The molecule has 1 aliphatic carbocycles. The van der Waals surface area contributed by atoms with Gasteiger partial charge >= 0.3 is 0 Å². The van der Waals surface area contributed by atoms with Crippen molar-refractivity contribution in [2.45, 2.75) is 50.2 Å². The second kappa shape index (κ2) is 7.12. The molecular formula is C17H26BrNO2. The Labute approximate surface area is 136 Å². The van der Waals surface area contributed by atoms with Crippen molar-refractivity contribution in [2.24, 2.45) is 0 Å². The smallest absolute Gasteiger partial charge is 0.133 e. The topological polar surface area (TPSA) is 32.7 Å². The van der Waals surface area contributed by atoms with Crippen LogP contribution >= 0.6 is 15.9 Å². The highest BCUT2D eigenvalue weighted by atomic mass is 79.9. The average molecular weight is 356 g/mol. The van der Waals surface area contributed by atoms with Gasteiger partial charge in [0.2, 0.25) is 0 Å². The first-order valence-electron chi connectivity index (χ1n) is 7.67. The number of likely N-dealkylation sites (N-methyl/N-ethyl adjacent to an activating group) is 1. The normalized spacial score (nSPS) is 19.5. The van der Waals surface area contributed by atoms with Gasteiger partial charge in [0, 0.05) is 12.0 Å². The Bertz CT molecular complexity index is 470. The van der Waals surface area contributed by atoms with Gasteiger partial charge in [0.25, 0.3) is 0 Å². The highest BCUT2D eigenvalue weighted by Crippen LogP contribution is 2.37. The molecule has 1 N–H and O–H groups in total. The molecule has 2 rings (SSSR count). The molecule has 0 aliphatic heterocycles. The molecule has 3 nitrogen and oxygen atoms in total. The highest BCUT2D eigenvalue weighted by molar-refractivity contribution is 9.10. The van der Waals surface area contributed by atoms with E-state index in [1.807, 2.05) is 18.2 Å². The van der Waals surface area contributed by atoms with E-state index < -0.39 is 0 Å². The predicted octanol–water partition coefficient (Wildman–Crippen LogP) is 3.63. The van der Waals surface area contributed by atoms with E-state index in [0.717, 1.165) is 28.6 Å².